The van der Waals surface area contributed by atoms with Gasteiger partial charge < -0.3 is 0 Å². The monoisotopic (exact) mass is 386 g/mol. The number of hydrogen-bond donors (Lipinski definition) is 0. The summed E-state index contributed by atoms with van der Waals surface area (Å²) < 4.78 is 0. The molecule has 0 saturated heterocycles. The van der Waals surface area contributed by atoms with Gasteiger partial charge >= 0.3 is 0 Å². The number of hydrogen-bond acceptors (Lipinski definition) is 0. The molecule has 5 rings (SSSR count). The van der Waals surface area contributed by atoms with E-state index in [2.05, 4.69) is 123 Å². The summed E-state index contributed by atoms with van der Waals surface area (Å²) in [5.41, 5.74) is 5.57. The lowest BCUT2D eigenvalue weighted by Crippen LogP contribution is -2.04. The van der Waals surface area contributed by atoms with Crippen molar-refractivity contribution in [3.8, 4) is 0 Å². The highest BCUT2D eigenvalue weighted by atomic mass is 14.2. The third-order valence-electron chi connectivity index (χ3n) is 6.48. The molecule has 5 aromatic rings. The molecule has 2 unspecified atom stereocenters. The van der Waals surface area contributed by atoms with Gasteiger partial charge in [-0.2, -0.15) is 0 Å². The van der Waals surface area contributed by atoms with Gasteiger partial charge in [0.15, 0.2) is 0 Å². The van der Waals surface area contributed by atoms with Crippen LogP contribution in [0.2, 0.25) is 0 Å². The Morgan fingerprint density at radius 2 is 0.633 bits per heavy atom. The molecule has 2 atom stereocenters. The number of benzene rings is 5. The Kier molecular flexibility index (Phi) is 4.85. The molecule has 0 N–H and O–H groups in total. The van der Waals surface area contributed by atoms with Crippen LogP contribution in [-0.4, -0.2) is 0 Å². The van der Waals surface area contributed by atoms with Crippen molar-refractivity contribution in [3.63, 3.8) is 0 Å². The molecule has 0 aromatic heterocycles. The van der Waals surface area contributed by atoms with E-state index in [4.69, 9.17) is 0 Å². The highest BCUT2D eigenvalue weighted by Gasteiger charge is 2.21. The third-order valence-corrected chi connectivity index (χ3v) is 6.48. The van der Waals surface area contributed by atoms with Crippen LogP contribution >= 0.6 is 0 Å². The van der Waals surface area contributed by atoms with Crippen LogP contribution in [0.15, 0.2) is 109 Å². The van der Waals surface area contributed by atoms with Crippen LogP contribution in [0.4, 0.5) is 0 Å². The van der Waals surface area contributed by atoms with Crippen molar-refractivity contribution in [2.75, 3.05) is 0 Å². The fraction of sp³-hybridized carbons (Fsp3) is 0.133. The van der Waals surface area contributed by atoms with Crippen LogP contribution in [0, 0.1) is 0 Å². The van der Waals surface area contributed by atoms with Gasteiger partial charge in [0, 0.05) is 11.8 Å². The van der Waals surface area contributed by atoms with Gasteiger partial charge in [0.05, 0.1) is 0 Å². The lowest BCUT2D eigenvalue weighted by Gasteiger charge is -2.24. The first kappa shape index (κ1) is 18.6. The van der Waals surface area contributed by atoms with E-state index in [1.807, 2.05) is 0 Å². The maximum absolute atomic E-state index is 2.34. The van der Waals surface area contributed by atoms with Gasteiger partial charge in [0.2, 0.25) is 0 Å². The first-order valence-corrected chi connectivity index (χ1v) is 10.8. The molecule has 0 nitrogen and oxygen atoms in total. The summed E-state index contributed by atoms with van der Waals surface area (Å²) >= 11 is 0. The van der Waals surface area contributed by atoms with Crippen LogP contribution in [0.3, 0.4) is 0 Å². The first-order chi connectivity index (χ1) is 14.8. The van der Waals surface area contributed by atoms with Crippen molar-refractivity contribution in [2.45, 2.75) is 25.7 Å². The second-order valence-electron chi connectivity index (χ2n) is 8.18. The molecule has 0 radical (unpaired) electrons. The van der Waals surface area contributed by atoms with E-state index in [1.165, 1.54) is 43.8 Å². The van der Waals surface area contributed by atoms with Gasteiger partial charge in [-0.05, 0) is 43.8 Å². The Morgan fingerprint density at radius 1 is 0.367 bits per heavy atom. The molecule has 0 heteroatoms. The molecule has 30 heavy (non-hydrogen) atoms. The van der Waals surface area contributed by atoms with Crippen LogP contribution in [0.25, 0.3) is 21.5 Å². The molecule has 0 bridgehead atoms. The largest absolute Gasteiger partial charge is 0.0622 e. The highest BCUT2D eigenvalue weighted by molar-refractivity contribution is 6.07. The van der Waals surface area contributed by atoms with Crippen molar-refractivity contribution in [3.05, 3.63) is 131 Å². The number of rotatable bonds is 4. The summed E-state index contributed by atoms with van der Waals surface area (Å²) in [6.07, 6.45) is 0. The fourth-order valence-electron chi connectivity index (χ4n) is 4.95. The van der Waals surface area contributed by atoms with E-state index in [9.17, 15) is 0 Å². The maximum atomic E-state index is 2.34. The molecule has 0 saturated carbocycles. The summed E-state index contributed by atoms with van der Waals surface area (Å²) in [5, 5.41) is 5.46. The zero-order valence-electron chi connectivity index (χ0n) is 17.5. The van der Waals surface area contributed by atoms with E-state index in [-0.39, 0.29) is 0 Å². The zero-order chi connectivity index (χ0) is 20.5. The normalized spacial score (nSPS) is 13.4. The van der Waals surface area contributed by atoms with Crippen LogP contribution < -0.4 is 0 Å². The van der Waals surface area contributed by atoms with Crippen LogP contribution in [0.5, 0.6) is 0 Å². The number of fused-ring (bicyclic) bond motifs is 2. The lowest BCUT2D eigenvalue weighted by molar-refractivity contribution is 0.929. The van der Waals surface area contributed by atoms with Crippen molar-refractivity contribution >= 4 is 21.5 Å². The minimum Gasteiger partial charge on any atom is -0.0622 e. The molecule has 146 valence electrons. The Bertz CT molecular complexity index is 1140. The topological polar surface area (TPSA) is 0 Å². The average molecular weight is 387 g/mol. The second-order valence-corrected chi connectivity index (χ2v) is 8.18. The van der Waals surface area contributed by atoms with Gasteiger partial charge in [-0.15, -0.1) is 0 Å². The molecule has 0 aliphatic heterocycles. The van der Waals surface area contributed by atoms with Gasteiger partial charge in [-0.1, -0.05) is 123 Å². The van der Waals surface area contributed by atoms with Gasteiger partial charge in [0.1, 0.15) is 0 Å². The minimum absolute atomic E-state index is 0.321. The molecule has 5 aromatic carbocycles. The summed E-state index contributed by atoms with van der Waals surface area (Å²) in [6, 6.07) is 39.6. The molecule has 0 heterocycles. The summed E-state index contributed by atoms with van der Waals surface area (Å²) in [4.78, 5) is 0. The Labute approximate surface area is 178 Å². The van der Waals surface area contributed by atoms with Gasteiger partial charge in [0.25, 0.3) is 0 Å². The van der Waals surface area contributed by atoms with E-state index in [0.717, 1.165) is 0 Å². The molecular weight excluding hydrogens is 360 g/mol. The molecule has 0 aliphatic carbocycles. The summed E-state index contributed by atoms with van der Waals surface area (Å²) in [5.74, 6) is 0.643. The van der Waals surface area contributed by atoms with E-state index in [1.54, 1.807) is 0 Å². The van der Waals surface area contributed by atoms with Gasteiger partial charge in [-0.25, -0.2) is 0 Å². The summed E-state index contributed by atoms with van der Waals surface area (Å²) in [7, 11) is 0. The van der Waals surface area contributed by atoms with Crippen molar-refractivity contribution in [2.24, 2.45) is 0 Å². The van der Waals surface area contributed by atoms with Crippen LogP contribution in [0.1, 0.15) is 47.9 Å². The average Bonchev–Trinajstić information content (AvgIpc) is 2.82. The third kappa shape index (κ3) is 3.09. The standard InChI is InChI=1S/C30H26/c1-21(23-13-5-3-6-14-23)29-25-17-9-11-19-27(25)30(28-20-12-10-18-26(28)29)22(2)24-15-7-4-8-16-24/h3-22H,1-2H3. The zero-order valence-corrected chi connectivity index (χ0v) is 17.5. The van der Waals surface area contributed by atoms with Crippen molar-refractivity contribution < 1.29 is 0 Å². The highest BCUT2D eigenvalue weighted by Crippen LogP contribution is 2.43. The Balaban J connectivity index is 1.86. The quantitative estimate of drug-likeness (QED) is 0.272. The SMILES string of the molecule is CC(c1ccccc1)c1c2ccccc2c(C(C)c2ccccc2)c2ccccc12. The van der Waals surface area contributed by atoms with E-state index < -0.39 is 0 Å². The molecule has 0 spiro atoms. The second kappa shape index (κ2) is 7.80. The lowest BCUT2D eigenvalue weighted by atomic mass is 9.79. The fourth-order valence-corrected chi connectivity index (χ4v) is 4.95. The van der Waals surface area contributed by atoms with E-state index in [0.29, 0.717) is 11.8 Å². The molecule has 0 amide bonds. The first-order valence-electron chi connectivity index (χ1n) is 10.8. The molecule has 0 fully saturated rings. The van der Waals surface area contributed by atoms with E-state index >= 15 is 0 Å². The predicted molar refractivity (Wildman–Crippen MR) is 129 cm³/mol. The molecular formula is C30H26. The molecule has 0 aliphatic rings. The Hall–Kier alpha value is -3.38. The minimum atomic E-state index is 0.321. The maximum Gasteiger partial charge on any atom is 0.00733 e. The predicted octanol–water partition coefficient (Wildman–Crippen LogP) is 8.30. The van der Waals surface area contributed by atoms with Gasteiger partial charge in [-0.3, -0.25) is 0 Å². The van der Waals surface area contributed by atoms with Crippen molar-refractivity contribution in [1.29, 1.82) is 0 Å². The summed E-state index contributed by atoms with van der Waals surface area (Å²) in [6.45, 7) is 4.67. The smallest absolute Gasteiger partial charge is 0.00733 e. The van der Waals surface area contributed by atoms with Crippen LogP contribution in [-0.2, 0) is 0 Å². The van der Waals surface area contributed by atoms with Crippen molar-refractivity contribution in [1.82, 2.24) is 0 Å². The Morgan fingerprint density at radius 3 is 0.933 bits per heavy atom.